The quantitative estimate of drug-likeness (QED) is 0.521. The minimum Gasteiger partial charge on any atom is -0.468 e. The minimum absolute atomic E-state index is 0.136. The van der Waals surface area contributed by atoms with Gasteiger partial charge in [0.2, 0.25) is 0 Å². The Morgan fingerprint density at radius 3 is 2.54 bits per heavy atom. The van der Waals surface area contributed by atoms with Gasteiger partial charge in [-0.05, 0) is 74.5 Å². The number of likely N-dealkylation sites (tertiary alicyclic amines) is 1. The van der Waals surface area contributed by atoms with Gasteiger partial charge in [-0.2, -0.15) is 8.78 Å². The summed E-state index contributed by atoms with van der Waals surface area (Å²) in [7, 11) is 0. The number of anilines is 1. The maximum absolute atomic E-state index is 12.4. The Kier molecular flexibility index (Phi) is 6.87. The molecule has 1 aromatic carbocycles. The second kappa shape index (κ2) is 9.34. The molecule has 26 heavy (non-hydrogen) atoms. The number of nitrogens with one attached hydrogen (secondary N) is 2. The Balaban J connectivity index is 1.53. The van der Waals surface area contributed by atoms with Gasteiger partial charge in [0.1, 0.15) is 5.76 Å². The highest BCUT2D eigenvalue weighted by Gasteiger charge is 2.25. The summed E-state index contributed by atoms with van der Waals surface area (Å²) in [5, 5.41) is 6.82. The average Bonchev–Trinajstić information content (AvgIpc) is 3.30. The van der Waals surface area contributed by atoms with Gasteiger partial charge in [-0.25, -0.2) is 0 Å². The van der Waals surface area contributed by atoms with Crippen molar-refractivity contribution in [1.82, 2.24) is 10.2 Å². The molecule has 140 valence electrons. The number of hydrogen-bond donors (Lipinski definition) is 2. The summed E-state index contributed by atoms with van der Waals surface area (Å²) >= 11 is 5.89. The van der Waals surface area contributed by atoms with Crippen molar-refractivity contribution >= 4 is 34.8 Å². The van der Waals surface area contributed by atoms with Crippen LogP contribution in [0.1, 0.15) is 24.6 Å². The molecule has 1 unspecified atom stereocenters. The molecule has 0 aliphatic carbocycles. The Morgan fingerprint density at radius 2 is 1.92 bits per heavy atom. The van der Waals surface area contributed by atoms with Gasteiger partial charge in [-0.3, -0.25) is 4.90 Å². The SMILES string of the molecule is FC(F)Sc1ccc(NC(=S)NCC(c2ccco2)N2CCCC2)cc1. The molecule has 1 aliphatic rings. The standard InChI is InChI=1S/C18H21F2N3OS2/c19-17(20)26-14-7-5-13(6-8-14)22-18(25)21-12-15(16-4-3-11-24-16)23-9-1-2-10-23/h3-8,11,15,17H,1-2,9-10,12H2,(H2,21,22,25). The molecule has 1 aliphatic heterocycles. The molecule has 0 saturated carbocycles. The molecule has 2 aromatic rings. The lowest BCUT2D eigenvalue weighted by Crippen LogP contribution is -2.38. The molecule has 1 fully saturated rings. The first-order valence-corrected chi connectivity index (χ1v) is 9.78. The van der Waals surface area contributed by atoms with Crippen molar-refractivity contribution in [3.8, 4) is 0 Å². The first-order chi connectivity index (χ1) is 12.6. The van der Waals surface area contributed by atoms with Crippen molar-refractivity contribution in [3.05, 3.63) is 48.4 Å². The van der Waals surface area contributed by atoms with Crippen LogP contribution in [-0.4, -0.2) is 35.4 Å². The first-order valence-electron chi connectivity index (χ1n) is 8.49. The Bertz CT molecular complexity index is 689. The van der Waals surface area contributed by atoms with Crippen LogP contribution in [0.5, 0.6) is 0 Å². The van der Waals surface area contributed by atoms with Crippen molar-refractivity contribution in [2.45, 2.75) is 29.5 Å². The minimum atomic E-state index is -2.42. The van der Waals surface area contributed by atoms with Gasteiger partial charge in [0.05, 0.1) is 12.3 Å². The van der Waals surface area contributed by atoms with Crippen LogP contribution < -0.4 is 10.6 Å². The predicted octanol–water partition coefficient (Wildman–Crippen LogP) is 4.72. The van der Waals surface area contributed by atoms with Crippen LogP contribution in [0.25, 0.3) is 0 Å². The third-order valence-electron chi connectivity index (χ3n) is 4.25. The fourth-order valence-corrected chi connectivity index (χ4v) is 3.73. The molecule has 1 saturated heterocycles. The van der Waals surface area contributed by atoms with E-state index in [4.69, 9.17) is 16.6 Å². The van der Waals surface area contributed by atoms with Crippen LogP contribution >= 0.6 is 24.0 Å². The van der Waals surface area contributed by atoms with Crippen molar-refractivity contribution in [2.24, 2.45) is 0 Å². The third kappa shape index (κ3) is 5.43. The number of nitrogens with zero attached hydrogens (tertiary/aromatic N) is 1. The molecule has 0 spiro atoms. The van der Waals surface area contributed by atoms with E-state index in [-0.39, 0.29) is 6.04 Å². The molecule has 4 nitrogen and oxygen atoms in total. The van der Waals surface area contributed by atoms with Crippen LogP contribution in [0.3, 0.4) is 0 Å². The Hall–Kier alpha value is -1.64. The van der Waals surface area contributed by atoms with E-state index in [0.29, 0.717) is 28.3 Å². The second-order valence-electron chi connectivity index (χ2n) is 6.01. The summed E-state index contributed by atoms with van der Waals surface area (Å²) < 4.78 is 30.3. The largest absolute Gasteiger partial charge is 0.468 e. The highest BCUT2D eigenvalue weighted by atomic mass is 32.2. The molecule has 2 heterocycles. The Labute approximate surface area is 161 Å². The number of benzene rings is 1. The number of thiocarbonyl (C=S) groups is 1. The molecule has 0 radical (unpaired) electrons. The van der Waals surface area contributed by atoms with E-state index in [2.05, 4.69) is 15.5 Å². The van der Waals surface area contributed by atoms with E-state index in [1.54, 1.807) is 30.5 Å². The lowest BCUT2D eigenvalue weighted by molar-refractivity contribution is 0.216. The monoisotopic (exact) mass is 397 g/mol. The molecule has 8 heteroatoms. The number of halogens is 2. The van der Waals surface area contributed by atoms with E-state index in [0.717, 1.165) is 24.5 Å². The summed E-state index contributed by atoms with van der Waals surface area (Å²) in [4.78, 5) is 2.92. The number of thioether (sulfide) groups is 1. The highest BCUT2D eigenvalue weighted by molar-refractivity contribution is 7.99. The second-order valence-corrected chi connectivity index (χ2v) is 7.48. The van der Waals surface area contributed by atoms with Gasteiger partial charge < -0.3 is 15.1 Å². The van der Waals surface area contributed by atoms with Crippen LogP contribution in [0, 0.1) is 0 Å². The van der Waals surface area contributed by atoms with Gasteiger partial charge in [0.15, 0.2) is 5.11 Å². The molecular formula is C18H21F2N3OS2. The highest BCUT2D eigenvalue weighted by Crippen LogP contribution is 2.27. The van der Waals surface area contributed by atoms with Gasteiger partial charge in [0, 0.05) is 17.1 Å². The van der Waals surface area contributed by atoms with Crippen LogP contribution in [-0.2, 0) is 0 Å². The number of alkyl halides is 2. The zero-order valence-corrected chi connectivity index (χ0v) is 15.8. The van der Waals surface area contributed by atoms with Crippen molar-refractivity contribution in [3.63, 3.8) is 0 Å². The smallest absolute Gasteiger partial charge is 0.288 e. The summed E-state index contributed by atoms with van der Waals surface area (Å²) in [5.41, 5.74) is 0.761. The summed E-state index contributed by atoms with van der Waals surface area (Å²) in [6.07, 6.45) is 4.08. The predicted molar refractivity (Wildman–Crippen MR) is 105 cm³/mol. The van der Waals surface area contributed by atoms with Crippen LogP contribution in [0.4, 0.5) is 14.5 Å². The van der Waals surface area contributed by atoms with E-state index < -0.39 is 5.76 Å². The van der Waals surface area contributed by atoms with E-state index in [9.17, 15) is 8.78 Å². The fourth-order valence-electron chi connectivity index (χ4n) is 3.03. The van der Waals surface area contributed by atoms with E-state index in [1.807, 2.05) is 12.1 Å². The molecule has 1 atom stereocenters. The van der Waals surface area contributed by atoms with Crippen LogP contribution in [0.15, 0.2) is 52.0 Å². The van der Waals surface area contributed by atoms with Gasteiger partial charge in [-0.1, -0.05) is 11.8 Å². The molecular weight excluding hydrogens is 376 g/mol. The summed E-state index contributed by atoms with van der Waals surface area (Å²) in [6, 6.07) is 10.8. The Morgan fingerprint density at radius 1 is 1.19 bits per heavy atom. The maximum atomic E-state index is 12.4. The number of rotatable bonds is 7. The topological polar surface area (TPSA) is 40.4 Å². The number of furan rings is 1. The van der Waals surface area contributed by atoms with Gasteiger partial charge >= 0.3 is 0 Å². The lowest BCUT2D eigenvalue weighted by atomic mass is 10.2. The van der Waals surface area contributed by atoms with Crippen molar-refractivity contribution < 1.29 is 13.2 Å². The van der Waals surface area contributed by atoms with Crippen molar-refractivity contribution in [1.29, 1.82) is 0 Å². The molecule has 1 aromatic heterocycles. The van der Waals surface area contributed by atoms with Gasteiger partial charge in [-0.15, -0.1) is 0 Å². The van der Waals surface area contributed by atoms with Gasteiger partial charge in [0.25, 0.3) is 5.76 Å². The van der Waals surface area contributed by atoms with E-state index >= 15 is 0 Å². The number of hydrogen-bond acceptors (Lipinski definition) is 4. The molecule has 0 amide bonds. The molecule has 2 N–H and O–H groups in total. The zero-order chi connectivity index (χ0) is 18.4. The average molecular weight is 398 g/mol. The fraction of sp³-hybridized carbons (Fsp3) is 0.389. The van der Waals surface area contributed by atoms with E-state index in [1.165, 1.54) is 12.8 Å². The molecule has 3 rings (SSSR count). The third-order valence-corrected chi connectivity index (χ3v) is 5.22. The maximum Gasteiger partial charge on any atom is 0.288 e. The summed E-state index contributed by atoms with van der Waals surface area (Å²) in [6.45, 7) is 2.74. The molecule has 0 bridgehead atoms. The van der Waals surface area contributed by atoms with Crippen LogP contribution in [0.2, 0.25) is 0 Å². The lowest BCUT2D eigenvalue weighted by Gasteiger charge is -2.26. The van der Waals surface area contributed by atoms with Crippen molar-refractivity contribution in [2.75, 3.05) is 25.0 Å². The first kappa shape index (κ1) is 19.1. The summed E-state index contributed by atoms with van der Waals surface area (Å²) in [5.74, 6) is -1.49. The normalized spacial score (nSPS) is 16.0. The zero-order valence-electron chi connectivity index (χ0n) is 14.2.